The van der Waals surface area contributed by atoms with E-state index in [0.29, 0.717) is 30.7 Å². The van der Waals surface area contributed by atoms with Crippen LogP contribution < -0.4 is 5.32 Å². The van der Waals surface area contributed by atoms with Crippen LogP contribution in [0.15, 0.2) is 9.52 Å². The zero-order chi connectivity index (χ0) is 11.4. The molecule has 0 bridgehead atoms. The first-order chi connectivity index (χ1) is 7.74. The van der Waals surface area contributed by atoms with Crippen LogP contribution in [-0.2, 0) is 6.42 Å². The van der Waals surface area contributed by atoms with Crippen molar-refractivity contribution in [2.24, 2.45) is 4.99 Å². The smallest absolute Gasteiger partial charge is 0.228 e. The summed E-state index contributed by atoms with van der Waals surface area (Å²) in [7, 11) is 0. The zero-order valence-electron chi connectivity index (χ0n) is 9.56. The maximum absolute atomic E-state index is 5.02. The summed E-state index contributed by atoms with van der Waals surface area (Å²) in [4.78, 5) is 8.61. The standard InChI is InChI=1S/C10H16N4OS/c1-7-4-6-16-10(12-7)11-5-3-9-13-8(2)14-15-9/h7H,3-6H2,1-2H3,(H,11,12). The van der Waals surface area contributed by atoms with Gasteiger partial charge in [-0.1, -0.05) is 16.9 Å². The molecule has 1 N–H and O–H groups in total. The molecule has 1 saturated heterocycles. The molecule has 0 aromatic carbocycles. The van der Waals surface area contributed by atoms with Gasteiger partial charge < -0.3 is 9.84 Å². The van der Waals surface area contributed by atoms with Crippen LogP contribution in [0.4, 0.5) is 0 Å². The van der Waals surface area contributed by atoms with E-state index in [0.717, 1.165) is 10.9 Å². The lowest BCUT2D eigenvalue weighted by atomic mass is 10.3. The normalized spacial score (nSPS) is 23.4. The molecule has 5 nitrogen and oxygen atoms in total. The van der Waals surface area contributed by atoms with Gasteiger partial charge in [0.1, 0.15) is 0 Å². The molecule has 1 aliphatic rings. The largest absolute Gasteiger partial charge is 0.362 e. The molecule has 0 spiro atoms. The van der Waals surface area contributed by atoms with E-state index in [1.54, 1.807) is 11.8 Å². The quantitative estimate of drug-likeness (QED) is 0.865. The molecule has 0 saturated carbocycles. The number of rotatable bonds is 3. The lowest BCUT2D eigenvalue weighted by molar-refractivity contribution is 0.376. The van der Waals surface area contributed by atoms with Gasteiger partial charge >= 0.3 is 0 Å². The van der Waals surface area contributed by atoms with Gasteiger partial charge in [0.05, 0.1) is 6.54 Å². The monoisotopic (exact) mass is 240 g/mol. The number of amidine groups is 1. The zero-order valence-corrected chi connectivity index (χ0v) is 10.4. The summed E-state index contributed by atoms with van der Waals surface area (Å²) in [5.41, 5.74) is 0. The second-order valence-electron chi connectivity index (χ2n) is 3.85. The van der Waals surface area contributed by atoms with Crippen molar-refractivity contribution >= 4 is 16.9 Å². The molecule has 1 aromatic heterocycles. The molecule has 1 aromatic rings. The molecular formula is C10H16N4OS. The topological polar surface area (TPSA) is 63.3 Å². The molecule has 88 valence electrons. The van der Waals surface area contributed by atoms with Crippen molar-refractivity contribution in [1.29, 1.82) is 0 Å². The van der Waals surface area contributed by atoms with E-state index in [1.807, 2.05) is 6.92 Å². The van der Waals surface area contributed by atoms with Gasteiger partial charge in [0, 0.05) is 18.2 Å². The molecule has 0 radical (unpaired) electrons. The van der Waals surface area contributed by atoms with E-state index in [2.05, 4.69) is 27.4 Å². The molecule has 1 atom stereocenters. The molecule has 0 amide bonds. The Morgan fingerprint density at radius 1 is 1.62 bits per heavy atom. The third kappa shape index (κ3) is 3.23. The lowest BCUT2D eigenvalue weighted by Gasteiger charge is -2.21. The highest BCUT2D eigenvalue weighted by molar-refractivity contribution is 8.13. The van der Waals surface area contributed by atoms with Gasteiger partial charge in [-0.3, -0.25) is 4.99 Å². The highest BCUT2D eigenvalue weighted by Crippen LogP contribution is 2.13. The number of aryl methyl sites for hydroxylation is 1. The average Bonchev–Trinajstić information content (AvgIpc) is 2.64. The van der Waals surface area contributed by atoms with Gasteiger partial charge in [-0.25, -0.2) is 0 Å². The van der Waals surface area contributed by atoms with Crippen molar-refractivity contribution in [2.45, 2.75) is 32.7 Å². The molecule has 1 fully saturated rings. The Hall–Kier alpha value is -1.04. The van der Waals surface area contributed by atoms with Crippen molar-refractivity contribution < 1.29 is 4.52 Å². The molecule has 0 aliphatic carbocycles. The van der Waals surface area contributed by atoms with Crippen molar-refractivity contribution in [3.63, 3.8) is 0 Å². The van der Waals surface area contributed by atoms with Crippen LogP contribution in [0.1, 0.15) is 25.1 Å². The van der Waals surface area contributed by atoms with Crippen molar-refractivity contribution in [3.05, 3.63) is 11.7 Å². The van der Waals surface area contributed by atoms with Crippen LogP contribution in [0.5, 0.6) is 0 Å². The molecular weight excluding hydrogens is 224 g/mol. The van der Waals surface area contributed by atoms with E-state index >= 15 is 0 Å². The highest BCUT2D eigenvalue weighted by atomic mass is 32.2. The summed E-state index contributed by atoms with van der Waals surface area (Å²) >= 11 is 1.78. The third-order valence-electron chi connectivity index (χ3n) is 2.31. The Bertz CT molecular complexity index is 377. The van der Waals surface area contributed by atoms with Crippen LogP contribution in [0.3, 0.4) is 0 Å². The summed E-state index contributed by atoms with van der Waals surface area (Å²) in [6.45, 7) is 4.69. The number of aliphatic imine (C=N–C) groups is 1. The number of hydrogen-bond acceptors (Lipinski definition) is 5. The number of aromatic nitrogens is 2. The molecule has 6 heteroatoms. The highest BCUT2D eigenvalue weighted by Gasteiger charge is 2.12. The van der Waals surface area contributed by atoms with Crippen molar-refractivity contribution in [3.8, 4) is 0 Å². The SMILES string of the molecule is Cc1noc(CCN=C2NC(C)CCS2)n1. The predicted molar refractivity (Wildman–Crippen MR) is 64.7 cm³/mol. The van der Waals surface area contributed by atoms with Crippen LogP contribution in [0.2, 0.25) is 0 Å². The molecule has 2 rings (SSSR count). The van der Waals surface area contributed by atoms with Gasteiger partial charge in [-0.2, -0.15) is 4.98 Å². The maximum Gasteiger partial charge on any atom is 0.228 e. The first-order valence-corrected chi connectivity index (χ1v) is 6.45. The minimum atomic E-state index is 0.533. The fourth-order valence-electron chi connectivity index (χ4n) is 1.44. The molecule has 2 heterocycles. The Labute approximate surface area is 99.1 Å². The van der Waals surface area contributed by atoms with E-state index in [9.17, 15) is 0 Å². The Balaban J connectivity index is 1.80. The summed E-state index contributed by atoms with van der Waals surface area (Å²) in [5, 5.41) is 8.13. The van der Waals surface area contributed by atoms with Gasteiger partial charge in [0.2, 0.25) is 5.89 Å². The number of nitrogens with zero attached hydrogens (tertiary/aromatic N) is 3. The average molecular weight is 240 g/mol. The summed E-state index contributed by atoms with van der Waals surface area (Å²) in [6, 6.07) is 0.533. The minimum absolute atomic E-state index is 0.533. The second-order valence-corrected chi connectivity index (χ2v) is 4.94. The number of hydrogen-bond donors (Lipinski definition) is 1. The molecule has 1 aliphatic heterocycles. The lowest BCUT2D eigenvalue weighted by Crippen LogP contribution is -2.35. The Morgan fingerprint density at radius 2 is 2.50 bits per heavy atom. The number of thioether (sulfide) groups is 1. The molecule has 16 heavy (non-hydrogen) atoms. The fraction of sp³-hybridized carbons (Fsp3) is 0.700. The summed E-state index contributed by atoms with van der Waals surface area (Å²) in [6.07, 6.45) is 1.91. The van der Waals surface area contributed by atoms with Crippen LogP contribution >= 0.6 is 11.8 Å². The van der Waals surface area contributed by atoms with E-state index in [4.69, 9.17) is 4.52 Å². The predicted octanol–water partition coefficient (Wildman–Crippen LogP) is 1.39. The minimum Gasteiger partial charge on any atom is -0.362 e. The first kappa shape index (κ1) is 11.4. The van der Waals surface area contributed by atoms with Gasteiger partial charge in [0.25, 0.3) is 0 Å². The summed E-state index contributed by atoms with van der Waals surface area (Å²) < 4.78 is 5.02. The van der Waals surface area contributed by atoms with Crippen molar-refractivity contribution in [1.82, 2.24) is 15.5 Å². The van der Waals surface area contributed by atoms with Gasteiger partial charge in [0.15, 0.2) is 11.0 Å². The summed E-state index contributed by atoms with van der Waals surface area (Å²) in [5.74, 6) is 2.49. The number of nitrogens with one attached hydrogen (secondary N) is 1. The van der Waals surface area contributed by atoms with Crippen LogP contribution in [0.25, 0.3) is 0 Å². The Morgan fingerprint density at radius 3 is 3.19 bits per heavy atom. The van der Waals surface area contributed by atoms with E-state index < -0.39 is 0 Å². The van der Waals surface area contributed by atoms with Gasteiger partial charge in [-0.05, 0) is 20.3 Å². The van der Waals surface area contributed by atoms with E-state index in [-0.39, 0.29) is 0 Å². The third-order valence-corrected chi connectivity index (χ3v) is 3.27. The first-order valence-electron chi connectivity index (χ1n) is 5.47. The molecule has 1 unspecified atom stereocenters. The fourth-order valence-corrected chi connectivity index (χ4v) is 2.57. The van der Waals surface area contributed by atoms with Crippen LogP contribution in [-0.4, -0.2) is 33.6 Å². The second kappa shape index (κ2) is 5.34. The van der Waals surface area contributed by atoms with Crippen molar-refractivity contribution in [2.75, 3.05) is 12.3 Å². The van der Waals surface area contributed by atoms with E-state index in [1.165, 1.54) is 6.42 Å². The Kier molecular flexibility index (Phi) is 3.82. The van der Waals surface area contributed by atoms with Crippen LogP contribution in [0, 0.1) is 6.92 Å². The van der Waals surface area contributed by atoms with Gasteiger partial charge in [-0.15, -0.1) is 0 Å². The maximum atomic E-state index is 5.02.